The molecule has 2 N–H and O–H groups in total. The van der Waals surface area contributed by atoms with Crippen LogP contribution in [0.3, 0.4) is 0 Å². The summed E-state index contributed by atoms with van der Waals surface area (Å²) in [5.74, 6) is -3.78. The van der Waals surface area contributed by atoms with Crippen molar-refractivity contribution in [1.29, 1.82) is 0 Å². The second kappa shape index (κ2) is 12.1. The van der Waals surface area contributed by atoms with Crippen LogP contribution in [0.25, 0.3) is 11.3 Å². The van der Waals surface area contributed by atoms with E-state index in [1.165, 1.54) is 28.9 Å². The number of amides is 2. The molecule has 3 fully saturated rings. The average molecular weight is 582 g/mol. The summed E-state index contributed by atoms with van der Waals surface area (Å²) in [6, 6.07) is 5.73. The predicted molar refractivity (Wildman–Crippen MR) is 142 cm³/mol. The Labute approximate surface area is 235 Å². The van der Waals surface area contributed by atoms with Crippen LogP contribution in [0.15, 0.2) is 30.3 Å². The Morgan fingerprint density at radius 1 is 1.05 bits per heavy atom. The molecule has 1 atom stereocenters. The Bertz CT molecular complexity index is 1240. The number of nitrogens with one attached hydrogen (secondary N) is 2. The number of halogens is 5. The van der Waals surface area contributed by atoms with E-state index in [-0.39, 0.29) is 54.3 Å². The van der Waals surface area contributed by atoms with Gasteiger partial charge in [-0.2, -0.15) is 18.3 Å². The minimum atomic E-state index is -4.60. The quantitative estimate of drug-likeness (QED) is 0.380. The predicted octanol–water partition coefficient (Wildman–Crippen LogP) is 5.57. The Kier molecular flexibility index (Phi) is 8.68. The van der Waals surface area contributed by atoms with E-state index in [0.29, 0.717) is 13.0 Å². The number of benzene rings is 1. The molecule has 2 amide bonds. The molecule has 1 aliphatic heterocycles. The van der Waals surface area contributed by atoms with Gasteiger partial charge in [-0.05, 0) is 57.2 Å². The van der Waals surface area contributed by atoms with Crippen molar-refractivity contribution in [2.75, 3.05) is 19.6 Å². The molecule has 1 saturated heterocycles. The molecule has 2 saturated carbocycles. The summed E-state index contributed by atoms with van der Waals surface area (Å²) in [6.07, 6.45) is 1.46. The summed E-state index contributed by atoms with van der Waals surface area (Å²) < 4.78 is 71.4. The minimum Gasteiger partial charge on any atom is -0.353 e. The normalized spacial score (nSPS) is 20.9. The number of piperidine rings is 1. The zero-order chi connectivity index (χ0) is 29.2. The maximum absolute atomic E-state index is 14.1. The monoisotopic (exact) mass is 581 g/mol. The molecule has 224 valence electrons. The number of nitrogens with zero attached hydrogens (tertiary/aromatic N) is 3. The van der Waals surface area contributed by atoms with Gasteiger partial charge in [0.1, 0.15) is 0 Å². The van der Waals surface area contributed by atoms with Gasteiger partial charge >= 0.3 is 6.18 Å². The van der Waals surface area contributed by atoms with Crippen molar-refractivity contribution in [2.24, 2.45) is 0 Å². The Morgan fingerprint density at radius 3 is 2.44 bits per heavy atom. The van der Waals surface area contributed by atoms with Crippen LogP contribution in [0.5, 0.6) is 0 Å². The van der Waals surface area contributed by atoms with Crippen LogP contribution < -0.4 is 10.6 Å². The van der Waals surface area contributed by atoms with Gasteiger partial charge in [-0.3, -0.25) is 19.2 Å². The average Bonchev–Trinajstić information content (AvgIpc) is 3.55. The SMILES string of the molecule is O=C(C[C@H](CN1CCCC(F)(F)C1)NC(=O)c1cc(-c2ccccc2C(F)(F)F)n(C2CCCC2)n1)NC1CCC1. The summed E-state index contributed by atoms with van der Waals surface area (Å²) in [5.41, 5.74) is -0.754. The molecule has 7 nitrogen and oxygen atoms in total. The van der Waals surface area contributed by atoms with Gasteiger partial charge in [-0.25, -0.2) is 8.78 Å². The maximum Gasteiger partial charge on any atom is 0.417 e. The Morgan fingerprint density at radius 2 is 1.78 bits per heavy atom. The number of hydrogen-bond donors (Lipinski definition) is 2. The molecule has 0 radical (unpaired) electrons. The van der Waals surface area contributed by atoms with E-state index in [4.69, 9.17) is 0 Å². The number of aromatic nitrogens is 2. The van der Waals surface area contributed by atoms with Crippen molar-refractivity contribution in [2.45, 2.75) is 94.4 Å². The van der Waals surface area contributed by atoms with Crippen LogP contribution in [-0.4, -0.2) is 64.1 Å². The van der Waals surface area contributed by atoms with Gasteiger partial charge in [0.15, 0.2) is 5.69 Å². The number of carbonyl (C=O) groups is 2. The maximum atomic E-state index is 14.1. The van der Waals surface area contributed by atoms with Gasteiger partial charge < -0.3 is 10.6 Å². The first kappa shape index (κ1) is 29.5. The van der Waals surface area contributed by atoms with Gasteiger partial charge in [0.25, 0.3) is 11.8 Å². The zero-order valence-corrected chi connectivity index (χ0v) is 22.9. The van der Waals surface area contributed by atoms with Crippen molar-refractivity contribution in [3.05, 3.63) is 41.6 Å². The summed E-state index contributed by atoms with van der Waals surface area (Å²) >= 11 is 0. The summed E-state index contributed by atoms with van der Waals surface area (Å²) in [6.45, 7) is 0.00565. The highest BCUT2D eigenvalue weighted by atomic mass is 19.4. The second-order valence-corrected chi connectivity index (χ2v) is 11.6. The molecule has 0 spiro atoms. The van der Waals surface area contributed by atoms with Crippen molar-refractivity contribution >= 4 is 11.8 Å². The highest BCUT2D eigenvalue weighted by molar-refractivity contribution is 5.94. The Balaban J connectivity index is 1.40. The van der Waals surface area contributed by atoms with E-state index in [1.807, 2.05) is 0 Å². The molecule has 2 aromatic rings. The molecule has 0 bridgehead atoms. The third-order valence-electron chi connectivity index (χ3n) is 8.34. The molecule has 3 aliphatic rings. The number of rotatable bonds is 9. The smallest absolute Gasteiger partial charge is 0.353 e. The minimum absolute atomic E-state index is 0.0481. The summed E-state index contributed by atoms with van der Waals surface area (Å²) in [5, 5.41) is 10.2. The standard InChI is InChI=1S/C29H36F5N5O2/c30-28(31)13-6-14-38(18-28)17-20(15-26(40)35-19-7-5-8-19)36-27(41)24-16-25(39(37-24)21-9-1-2-10-21)22-11-3-4-12-23(22)29(32,33)34/h3-4,11-12,16,19-21H,1-2,5-10,13-15,17-18H2,(H,35,40)(H,36,41)/t20-/m1/s1. The molecule has 2 heterocycles. The fraction of sp³-hybridized carbons (Fsp3) is 0.621. The highest BCUT2D eigenvalue weighted by Gasteiger charge is 2.37. The number of likely N-dealkylation sites (tertiary alicyclic amines) is 1. The van der Waals surface area contributed by atoms with Crippen LogP contribution in [0, 0.1) is 0 Å². The van der Waals surface area contributed by atoms with Crippen molar-refractivity contribution in [3.63, 3.8) is 0 Å². The summed E-state index contributed by atoms with van der Waals surface area (Å²) in [4.78, 5) is 27.8. The van der Waals surface area contributed by atoms with E-state index in [0.717, 1.165) is 51.0 Å². The topological polar surface area (TPSA) is 79.3 Å². The van der Waals surface area contributed by atoms with E-state index >= 15 is 0 Å². The fourth-order valence-corrected chi connectivity index (χ4v) is 6.09. The first-order valence-corrected chi connectivity index (χ1v) is 14.4. The number of carbonyl (C=O) groups excluding carboxylic acids is 2. The largest absolute Gasteiger partial charge is 0.417 e. The van der Waals surface area contributed by atoms with Crippen LogP contribution in [0.2, 0.25) is 0 Å². The second-order valence-electron chi connectivity index (χ2n) is 11.6. The van der Waals surface area contributed by atoms with E-state index in [2.05, 4.69) is 15.7 Å². The van der Waals surface area contributed by atoms with Gasteiger partial charge in [0.2, 0.25) is 5.91 Å². The molecule has 0 unspecified atom stereocenters. The lowest BCUT2D eigenvalue weighted by Crippen LogP contribution is -2.51. The van der Waals surface area contributed by atoms with Gasteiger partial charge in [0, 0.05) is 31.0 Å². The van der Waals surface area contributed by atoms with Crippen molar-refractivity contribution in [1.82, 2.24) is 25.3 Å². The fourth-order valence-electron chi connectivity index (χ4n) is 6.09. The molecule has 2 aliphatic carbocycles. The first-order chi connectivity index (χ1) is 19.5. The van der Waals surface area contributed by atoms with Crippen LogP contribution in [0.1, 0.15) is 86.3 Å². The lowest BCUT2D eigenvalue weighted by molar-refractivity contribution is -0.137. The van der Waals surface area contributed by atoms with E-state index in [1.54, 1.807) is 4.90 Å². The van der Waals surface area contributed by atoms with Gasteiger partial charge in [-0.1, -0.05) is 31.0 Å². The van der Waals surface area contributed by atoms with Crippen LogP contribution >= 0.6 is 0 Å². The lowest BCUT2D eigenvalue weighted by atomic mass is 9.93. The lowest BCUT2D eigenvalue weighted by Gasteiger charge is -2.35. The van der Waals surface area contributed by atoms with Crippen LogP contribution in [-0.2, 0) is 11.0 Å². The molecule has 1 aromatic carbocycles. The molecule has 41 heavy (non-hydrogen) atoms. The first-order valence-electron chi connectivity index (χ1n) is 14.4. The third-order valence-corrected chi connectivity index (χ3v) is 8.34. The molecule has 1 aromatic heterocycles. The molecule has 12 heteroatoms. The molecular weight excluding hydrogens is 545 g/mol. The van der Waals surface area contributed by atoms with Crippen molar-refractivity contribution in [3.8, 4) is 11.3 Å². The van der Waals surface area contributed by atoms with E-state index in [9.17, 15) is 31.5 Å². The summed E-state index contributed by atoms with van der Waals surface area (Å²) in [7, 11) is 0. The van der Waals surface area contributed by atoms with E-state index < -0.39 is 36.2 Å². The molecular formula is C29H36F5N5O2. The third kappa shape index (κ3) is 7.25. The number of hydrogen-bond acceptors (Lipinski definition) is 4. The zero-order valence-electron chi connectivity index (χ0n) is 22.9. The highest BCUT2D eigenvalue weighted by Crippen LogP contribution is 2.40. The van der Waals surface area contributed by atoms with Crippen molar-refractivity contribution < 1.29 is 31.5 Å². The van der Waals surface area contributed by atoms with Gasteiger partial charge in [0.05, 0.1) is 29.9 Å². The van der Waals surface area contributed by atoms with Gasteiger partial charge in [-0.15, -0.1) is 0 Å². The molecule has 5 rings (SSSR count). The van der Waals surface area contributed by atoms with Crippen LogP contribution in [0.4, 0.5) is 22.0 Å². The number of alkyl halides is 5. The Hall–Kier alpha value is -3.02.